The highest BCUT2D eigenvalue weighted by atomic mass is 16.7. The minimum absolute atomic E-state index is 0.150. The maximum absolute atomic E-state index is 12.6. The molecule has 1 heterocycles. The Hall–Kier alpha value is -2.60. The molecule has 1 fully saturated rings. The van der Waals surface area contributed by atoms with E-state index in [0.717, 1.165) is 51.4 Å². The van der Waals surface area contributed by atoms with Crippen molar-refractivity contribution in [3.63, 3.8) is 0 Å². The average molecular weight is 693 g/mol. The first-order valence-corrected chi connectivity index (χ1v) is 18.4. The lowest BCUT2D eigenvalue weighted by molar-refractivity contribution is -0.305. The van der Waals surface area contributed by atoms with Crippen molar-refractivity contribution in [3.05, 3.63) is 60.8 Å². The lowest BCUT2D eigenvalue weighted by Gasteiger charge is -2.39. The summed E-state index contributed by atoms with van der Waals surface area (Å²) in [6.07, 6.45) is 26.9. The molecule has 10 nitrogen and oxygen atoms in total. The van der Waals surface area contributed by atoms with Gasteiger partial charge in [-0.2, -0.15) is 0 Å². The second-order valence-electron chi connectivity index (χ2n) is 12.3. The standard InChI is InChI=1S/C39H64O10/c1-3-5-7-9-11-12-13-14-15-16-17-18-19-20-22-24-26-28-35(42)48-32(30-46-34(41)27-25-23-21-10-8-6-4-2)31-47-39-38(45)37(44)36(43)33(29-40)49-39/h5,7,11-12,14-15,17-18,20,22,32-33,36-40,43-45H,3-4,6,8-10,13,16,19,21,23-31H2,1-2H3/b7-5-,12-11-,15-14-,18-17-,22-20-. The molecule has 0 aromatic heterocycles. The number of hydrogen-bond donors (Lipinski definition) is 4. The van der Waals surface area contributed by atoms with Crippen molar-refractivity contribution in [2.24, 2.45) is 0 Å². The van der Waals surface area contributed by atoms with Gasteiger partial charge in [0.05, 0.1) is 13.2 Å². The lowest BCUT2D eigenvalue weighted by atomic mass is 9.99. The van der Waals surface area contributed by atoms with Crippen LogP contribution in [0, 0.1) is 0 Å². The van der Waals surface area contributed by atoms with Crippen LogP contribution in [0.15, 0.2) is 60.8 Å². The van der Waals surface area contributed by atoms with Crippen LogP contribution >= 0.6 is 0 Å². The van der Waals surface area contributed by atoms with Crippen molar-refractivity contribution in [2.75, 3.05) is 19.8 Å². The predicted octanol–water partition coefficient (Wildman–Crippen LogP) is 6.32. The Kier molecular flexibility index (Phi) is 27.4. The Labute approximate surface area is 294 Å². The number of rotatable bonds is 28. The van der Waals surface area contributed by atoms with Crippen LogP contribution in [0.3, 0.4) is 0 Å². The van der Waals surface area contributed by atoms with E-state index in [1.54, 1.807) is 0 Å². The van der Waals surface area contributed by atoms with E-state index < -0.39 is 55.4 Å². The fourth-order valence-electron chi connectivity index (χ4n) is 4.99. The molecule has 0 aromatic carbocycles. The van der Waals surface area contributed by atoms with Crippen molar-refractivity contribution in [3.8, 4) is 0 Å². The maximum Gasteiger partial charge on any atom is 0.306 e. The van der Waals surface area contributed by atoms with Crippen LogP contribution in [0.25, 0.3) is 0 Å². The smallest absolute Gasteiger partial charge is 0.306 e. The van der Waals surface area contributed by atoms with Gasteiger partial charge in [0.25, 0.3) is 0 Å². The summed E-state index contributed by atoms with van der Waals surface area (Å²) in [4.78, 5) is 25.0. The molecule has 10 heteroatoms. The first kappa shape index (κ1) is 44.4. The number of aliphatic hydroxyl groups is 4. The van der Waals surface area contributed by atoms with E-state index in [-0.39, 0.29) is 26.1 Å². The second-order valence-corrected chi connectivity index (χ2v) is 12.3. The SMILES string of the molecule is CC/C=C\C/C=C\C/C=C\C/C=C\C/C=C\CCCC(=O)OC(COC(=O)CCCCCCCCC)COC1OC(CO)C(O)C(O)C1O. The molecule has 49 heavy (non-hydrogen) atoms. The Balaban J connectivity index is 2.45. The molecule has 0 spiro atoms. The van der Waals surface area contributed by atoms with Crippen LogP contribution in [0.4, 0.5) is 0 Å². The fraction of sp³-hybridized carbons (Fsp3) is 0.692. The van der Waals surface area contributed by atoms with Gasteiger partial charge in [-0.15, -0.1) is 0 Å². The summed E-state index contributed by atoms with van der Waals surface area (Å²) in [7, 11) is 0. The molecule has 280 valence electrons. The molecule has 1 saturated heterocycles. The highest BCUT2D eigenvalue weighted by Gasteiger charge is 2.44. The molecule has 0 bridgehead atoms. The molecule has 1 rings (SSSR count). The summed E-state index contributed by atoms with van der Waals surface area (Å²) >= 11 is 0. The number of allylic oxidation sites excluding steroid dienone is 10. The summed E-state index contributed by atoms with van der Waals surface area (Å²) in [6, 6.07) is 0. The van der Waals surface area contributed by atoms with E-state index in [1.807, 2.05) is 6.08 Å². The van der Waals surface area contributed by atoms with E-state index in [4.69, 9.17) is 18.9 Å². The molecule has 6 unspecified atom stereocenters. The van der Waals surface area contributed by atoms with Crippen LogP contribution < -0.4 is 0 Å². The van der Waals surface area contributed by atoms with E-state index in [1.165, 1.54) is 19.3 Å². The molecule has 4 N–H and O–H groups in total. The summed E-state index contributed by atoms with van der Waals surface area (Å²) < 4.78 is 21.9. The molecular weight excluding hydrogens is 628 g/mol. The van der Waals surface area contributed by atoms with Crippen LogP contribution in [0.5, 0.6) is 0 Å². The normalized spacial score (nSPS) is 22.3. The monoisotopic (exact) mass is 692 g/mol. The van der Waals surface area contributed by atoms with E-state index in [2.05, 4.69) is 68.5 Å². The van der Waals surface area contributed by atoms with E-state index in [0.29, 0.717) is 19.3 Å². The first-order chi connectivity index (χ1) is 23.8. The Morgan fingerprint density at radius 1 is 0.653 bits per heavy atom. The van der Waals surface area contributed by atoms with Gasteiger partial charge in [-0.1, -0.05) is 113 Å². The maximum atomic E-state index is 12.6. The van der Waals surface area contributed by atoms with Gasteiger partial charge in [-0.3, -0.25) is 9.59 Å². The highest BCUT2D eigenvalue weighted by Crippen LogP contribution is 2.22. The molecule has 0 saturated carbocycles. The third kappa shape index (κ3) is 22.7. The van der Waals surface area contributed by atoms with Crippen molar-refractivity contribution in [1.29, 1.82) is 0 Å². The molecule has 1 aliphatic heterocycles. The third-order valence-electron chi connectivity index (χ3n) is 7.92. The summed E-state index contributed by atoms with van der Waals surface area (Å²) in [5.74, 6) is -0.890. The van der Waals surface area contributed by atoms with Gasteiger partial charge in [-0.25, -0.2) is 0 Å². The zero-order valence-corrected chi connectivity index (χ0v) is 29.9. The molecule has 0 aromatic rings. The van der Waals surface area contributed by atoms with Crippen molar-refractivity contribution < 1.29 is 49.0 Å². The first-order valence-electron chi connectivity index (χ1n) is 18.4. The Morgan fingerprint density at radius 3 is 1.80 bits per heavy atom. The molecule has 0 radical (unpaired) electrons. The lowest BCUT2D eigenvalue weighted by Crippen LogP contribution is -2.59. The van der Waals surface area contributed by atoms with Gasteiger partial charge < -0.3 is 39.4 Å². The fourth-order valence-corrected chi connectivity index (χ4v) is 4.99. The quantitative estimate of drug-likeness (QED) is 0.0417. The molecule has 0 amide bonds. The highest BCUT2D eigenvalue weighted by molar-refractivity contribution is 5.70. The number of carbonyl (C=O) groups is 2. The molecule has 0 aliphatic carbocycles. The number of unbranched alkanes of at least 4 members (excludes halogenated alkanes) is 7. The Morgan fingerprint density at radius 2 is 1.20 bits per heavy atom. The minimum Gasteiger partial charge on any atom is -0.462 e. The molecule has 6 atom stereocenters. The van der Waals surface area contributed by atoms with Crippen molar-refractivity contribution in [2.45, 2.75) is 153 Å². The predicted molar refractivity (Wildman–Crippen MR) is 191 cm³/mol. The van der Waals surface area contributed by atoms with Crippen molar-refractivity contribution >= 4 is 11.9 Å². The number of aliphatic hydroxyl groups excluding tert-OH is 4. The summed E-state index contributed by atoms with van der Waals surface area (Å²) in [5.41, 5.74) is 0. The van der Waals surface area contributed by atoms with Crippen LogP contribution in [-0.4, -0.2) is 89.0 Å². The minimum atomic E-state index is -1.60. The van der Waals surface area contributed by atoms with Gasteiger partial charge in [0, 0.05) is 12.8 Å². The molecular formula is C39H64O10. The summed E-state index contributed by atoms with van der Waals surface area (Å²) in [5, 5.41) is 39.8. The number of hydrogen-bond acceptors (Lipinski definition) is 10. The zero-order valence-electron chi connectivity index (χ0n) is 29.9. The van der Waals surface area contributed by atoms with Gasteiger partial charge in [0.15, 0.2) is 12.4 Å². The largest absolute Gasteiger partial charge is 0.462 e. The van der Waals surface area contributed by atoms with Gasteiger partial charge in [-0.05, 0) is 51.4 Å². The van der Waals surface area contributed by atoms with Crippen LogP contribution in [0.2, 0.25) is 0 Å². The zero-order chi connectivity index (χ0) is 36.0. The van der Waals surface area contributed by atoms with E-state index in [9.17, 15) is 30.0 Å². The van der Waals surface area contributed by atoms with Gasteiger partial charge >= 0.3 is 11.9 Å². The van der Waals surface area contributed by atoms with Crippen LogP contribution in [0.1, 0.15) is 117 Å². The average Bonchev–Trinajstić information content (AvgIpc) is 3.10. The summed E-state index contributed by atoms with van der Waals surface area (Å²) in [6.45, 7) is 3.16. The number of ether oxygens (including phenoxy) is 4. The third-order valence-corrected chi connectivity index (χ3v) is 7.92. The van der Waals surface area contributed by atoms with E-state index >= 15 is 0 Å². The van der Waals surface area contributed by atoms with Crippen molar-refractivity contribution in [1.82, 2.24) is 0 Å². The van der Waals surface area contributed by atoms with Gasteiger partial charge in [0.1, 0.15) is 31.0 Å². The number of carbonyl (C=O) groups excluding carboxylic acids is 2. The number of esters is 2. The molecule has 1 aliphatic rings. The Bertz CT molecular complexity index is 986. The topological polar surface area (TPSA) is 152 Å². The second kappa shape index (κ2) is 30.2. The van der Waals surface area contributed by atoms with Crippen LogP contribution in [-0.2, 0) is 28.5 Å². The van der Waals surface area contributed by atoms with Gasteiger partial charge in [0.2, 0.25) is 0 Å².